The summed E-state index contributed by atoms with van der Waals surface area (Å²) in [5.74, 6) is 3.27. The van der Waals surface area contributed by atoms with E-state index in [1.54, 1.807) is 6.92 Å². The average Bonchev–Trinajstić information content (AvgIpc) is 2.38. The molecule has 1 heterocycles. The van der Waals surface area contributed by atoms with Crippen LogP contribution in [0.3, 0.4) is 0 Å². The maximum atomic E-state index is 12.4. The number of hydrogen-bond acceptors (Lipinski definition) is 4. The van der Waals surface area contributed by atoms with Crippen LogP contribution in [0.2, 0.25) is 0 Å². The molecule has 3 atom stereocenters. The van der Waals surface area contributed by atoms with E-state index in [0.29, 0.717) is 0 Å². The van der Waals surface area contributed by atoms with Gasteiger partial charge in [0, 0.05) is 13.0 Å². The Balaban J connectivity index is 3.30. The maximum absolute atomic E-state index is 12.4. The second-order valence-electron chi connectivity index (χ2n) is 4.77. The number of imide groups is 2. The van der Waals surface area contributed by atoms with Gasteiger partial charge < -0.3 is 5.11 Å². The van der Waals surface area contributed by atoms with E-state index in [4.69, 9.17) is 0 Å². The molecule has 1 fully saturated rings. The first kappa shape index (κ1) is 15.9. The summed E-state index contributed by atoms with van der Waals surface area (Å²) in [6, 6.07) is -0.754. The van der Waals surface area contributed by atoms with Crippen LogP contribution in [0.4, 0.5) is 4.79 Å². The smallest absolute Gasteiger partial charge is 0.330 e. The van der Waals surface area contributed by atoms with Crippen LogP contribution in [0, 0.1) is 23.2 Å². The van der Waals surface area contributed by atoms with E-state index < -0.39 is 35.3 Å². The van der Waals surface area contributed by atoms with Gasteiger partial charge in [-0.05, 0) is 20.3 Å². The number of aliphatic hydroxyl groups is 1. The van der Waals surface area contributed by atoms with Crippen molar-refractivity contribution in [3.8, 4) is 11.8 Å². The van der Waals surface area contributed by atoms with Gasteiger partial charge in [0.05, 0.1) is 0 Å². The number of rotatable bonds is 3. The molecule has 2 N–H and O–H groups in total. The molecule has 108 valence electrons. The van der Waals surface area contributed by atoms with Crippen molar-refractivity contribution in [2.75, 3.05) is 7.05 Å². The highest BCUT2D eigenvalue weighted by Crippen LogP contribution is 2.36. The summed E-state index contributed by atoms with van der Waals surface area (Å²) in [5, 5.41) is 11.3. The molecule has 0 saturated carbocycles. The van der Waals surface area contributed by atoms with Crippen molar-refractivity contribution in [1.29, 1.82) is 0 Å². The molecule has 1 aliphatic heterocycles. The molecule has 2 unspecified atom stereocenters. The number of nitrogens with one attached hydrogen (secondary N) is 1. The fourth-order valence-corrected chi connectivity index (χ4v) is 2.12. The van der Waals surface area contributed by atoms with Crippen LogP contribution >= 0.6 is 0 Å². The van der Waals surface area contributed by atoms with Gasteiger partial charge in [-0.1, -0.05) is 17.9 Å². The quantitative estimate of drug-likeness (QED) is 0.441. The van der Waals surface area contributed by atoms with Crippen molar-refractivity contribution in [3.63, 3.8) is 0 Å². The van der Waals surface area contributed by atoms with Crippen molar-refractivity contribution < 1.29 is 19.5 Å². The lowest BCUT2D eigenvalue weighted by atomic mass is 9.71. The third-order valence-electron chi connectivity index (χ3n) is 3.33. The molecule has 6 nitrogen and oxygen atoms in total. The molecule has 1 saturated heterocycles. The van der Waals surface area contributed by atoms with Gasteiger partial charge in [0.25, 0.3) is 0 Å². The Hall–Kier alpha value is -2.13. The van der Waals surface area contributed by atoms with E-state index in [0.717, 1.165) is 4.90 Å². The summed E-state index contributed by atoms with van der Waals surface area (Å²) >= 11 is 0. The first-order valence-electron chi connectivity index (χ1n) is 6.21. The highest BCUT2D eigenvalue weighted by atomic mass is 16.3. The van der Waals surface area contributed by atoms with Gasteiger partial charge in [-0.15, -0.1) is 6.58 Å². The summed E-state index contributed by atoms with van der Waals surface area (Å²) in [4.78, 5) is 36.9. The first-order valence-corrected chi connectivity index (χ1v) is 6.21. The van der Waals surface area contributed by atoms with Gasteiger partial charge in [0.2, 0.25) is 11.8 Å². The van der Waals surface area contributed by atoms with Gasteiger partial charge in [0.1, 0.15) is 11.5 Å². The van der Waals surface area contributed by atoms with Crippen LogP contribution in [-0.2, 0) is 9.59 Å². The predicted molar refractivity (Wildman–Crippen MR) is 72.2 cm³/mol. The number of aliphatic hydroxyl groups excluding tert-OH is 1. The van der Waals surface area contributed by atoms with Gasteiger partial charge in [0.15, 0.2) is 0 Å². The maximum Gasteiger partial charge on any atom is 0.330 e. The largest absolute Gasteiger partial charge is 0.381 e. The second kappa shape index (κ2) is 5.88. The SMILES string of the molecule is C=CCC1([C@@H](C)C#CC(C)O)C(=O)NC(=O)N(C)C1=O. The summed E-state index contributed by atoms with van der Waals surface area (Å²) in [6.07, 6.45) is 0.645. The minimum atomic E-state index is -1.49. The molecule has 1 rings (SSSR count). The normalized spacial score (nSPS) is 25.4. The number of urea groups is 1. The van der Waals surface area contributed by atoms with Crippen molar-refractivity contribution in [2.24, 2.45) is 11.3 Å². The Morgan fingerprint density at radius 3 is 2.50 bits per heavy atom. The molecule has 20 heavy (non-hydrogen) atoms. The van der Waals surface area contributed by atoms with E-state index in [1.165, 1.54) is 20.0 Å². The number of nitrogens with zero attached hydrogens (tertiary/aromatic N) is 1. The van der Waals surface area contributed by atoms with Crippen LogP contribution in [0.5, 0.6) is 0 Å². The van der Waals surface area contributed by atoms with Crippen molar-refractivity contribution in [2.45, 2.75) is 26.4 Å². The highest BCUT2D eigenvalue weighted by molar-refractivity contribution is 6.19. The molecular weight excluding hydrogens is 260 g/mol. The molecule has 0 aromatic heterocycles. The highest BCUT2D eigenvalue weighted by Gasteiger charge is 2.55. The molecule has 1 aliphatic rings. The number of amides is 4. The Morgan fingerprint density at radius 1 is 1.40 bits per heavy atom. The average molecular weight is 278 g/mol. The van der Waals surface area contributed by atoms with Crippen LogP contribution in [0.25, 0.3) is 0 Å². The fourth-order valence-electron chi connectivity index (χ4n) is 2.12. The minimum Gasteiger partial charge on any atom is -0.381 e. The third kappa shape index (κ3) is 2.58. The molecule has 0 spiro atoms. The summed E-state index contributed by atoms with van der Waals surface area (Å²) < 4.78 is 0. The number of carbonyl (C=O) groups excluding carboxylic acids is 3. The second-order valence-corrected chi connectivity index (χ2v) is 4.77. The van der Waals surface area contributed by atoms with Gasteiger partial charge in [-0.3, -0.25) is 19.8 Å². The van der Waals surface area contributed by atoms with Crippen molar-refractivity contribution in [3.05, 3.63) is 12.7 Å². The molecule has 0 radical (unpaired) electrons. The molecule has 0 bridgehead atoms. The number of allylic oxidation sites excluding steroid dienone is 1. The molecular formula is C14H18N2O4. The zero-order chi connectivity index (χ0) is 15.5. The van der Waals surface area contributed by atoms with Crippen LogP contribution < -0.4 is 5.32 Å². The fraction of sp³-hybridized carbons (Fsp3) is 0.500. The van der Waals surface area contributed by atoms with E-state index in [2.05, 4.69) is 23.7 Å². The molecule has 0 aromatic rings. The molecule has 6 heteroatoms. The lowest BCUT2D eigenvalue weighted by molar-refractivity contribution is -0.152. The zero-order valence-corrected chi connectivity index (χ0v) is 11.8. The third-order valence-corrected chi connectivity index (χ3v) is 3.33. The summed E-state index contributed by atoms with van der Waals surface area (Å²) in [6.45, 7) is 6.65. The standard InChI is InChI=1S/C14H18N2O4/c1-5-8-14(9(2)6-7-10(3)17)11(18)15-13(20)16(4)12(14)19/h5,9-10,17H,1,8H2,2-4H3,(H,15,18,20)/t9-,10?,14?/m0/s1. The molecule has 0 aliphatic carbocycles. The number of barbiturate groups is 1. The first-order chi connectivity index (χ1) is 9.27. The van der Waals surface area contributed by atoms with E-state index in [-0.39, 0.29) is 6.42 Å². The summed E-state index contributed by atoms with van der Waals surface area (Å²) in [5.41, 5.74) is -1.49. The van der Waals surface area contributed by atoms with Crippen molar-refractivity contribution in [1.82, 2.24) is 10.2 Å². The Morgan fingerprint density at radius 2 is 2.00 bits per heavy atom. The number of hydrogen-bond donors (Lipinski definition) is 2. The monoisotopic (exact) mass is 278 g/mol. The minimum absolute atomic E-state index is 0.0605. The topological polar surface area (TPSA) is 86.7 Å². The number of carbonyl (C=O) groups is 3. The lowest BCUT2D eigenvalue weighted by Crippen LogP contribution is -2.64. The molecule has 4 amide bonds. The Labute approximate surface area is 117 Å². The Bertz CT molecular complexity index is 515. The molecule has 0 aromatic carbocycles. The van der Waals surface area contributed by atoms with E-state index >= 15 is 0 Å². The van der Waals surface area contributed by atoms with Crippen LogP contribution in [-0.4, -0.2) is 41.0 Å². The van der Waals surface area contributed by atoms with Gasteiger partial charge in [-0.2, -0.15) is 0 Å². The van der Waals surface area contributed by atoms with Crippen LogP contribution in [0.15, 0.2) is 12.7 Å². The predicted octanol–water partition coefficient (Wildman–Crippen LogP) is 0.277. The zero-order valence-electron chi connectivity index (χ0n) is 11.8. The van der Waals surface area contributed by atoms with Gasteiger partial charge >= 0.3 is 6.03 Å². The van der Waals surface area contributed by atoms with Crippen LogP contribution in [0.1, 0.15) is 20.3 Å². The van der Waals surface area contributed by atoms with E-state index in [9.17, 15) is 19.5 Å². The van der Waals surface area contributed by atoms with Crippen molar-refractivity contribution >= 4 is 17.8 Å². The van der Waals surface area contributed by atoms with E-state index in [1.807, 2.05) is 0 Å². The van der Waals surface area contributed by atoms with Gasteiger partial charge in [-0.25, -0.2) is 4.79 Å². The lowest BCUT2D eigenvalue weighted by Gasteiger charge is -2.39. The Kier molecular flexibility index (Phi) is 4.69. The summed E-state index contributed by atoms with van der Waals surface area (Å²) in [7, 11) is 1.30.